The van der Waals surface area contributed by atoms with Gasteiger partial charge in [-0.3, -0.25) is 8.98 Å². The Morgan fingerprint density at radius 2 is 2.21 bits per heavy atom. The van der Waals surface area contributed by atoms with E-state index in [4.69, 9.17) is 15.8 Å². The van der Waals surface area contributed by atoms with Crippen LogP contribution in [0.25, 0.3) is 0 Å². The summed E-state index contributed by atoms with van der Waals surface area (Å²) < 4.78 is 47.3. The van der Waals surface area contributed by atoms with Crippen LogP contribution < -0.4 is 10.0 Å². The van der Waals surface area contributed by atoms with E-state index < -0.39 is 34.7 Å². The predicted octanol–water partition coefficient (Wildman–Crippen LogP) is 2.00. The first-order chi connectivity index (χ1) is 16.2. The number of hydrogen-bond acceptors (Lipinski definition) is 9. The number of ketones is 1. The Bertz CT molecular complexity index is 1280. The first-order valence-corrected chi connectivity index (χ1v) is 12.7. The van der Waals surface area contributed by atoms with Crippen molar-refractivity contribution in [3.8, 4) is 0 Å². The predicted molar refractivity (Wildman–Crippen MR) is 124 cm³/mol. The molecule has 3 aromatic rings. The van der Waals surface area contributed by atoms with Crippen LogP contribution in [0, 0.1) is 0 Å². The first-order valence-electron chi connectivity index (χ1n) is 10.1. The van der Waals surface area contributed by atoms with E-state index in [-0.39, 0.29) is 23.6 Å². The summed E-state index contributed by atoms with van der Waals surface area (Å²) in [5.41, 5.74) is 0.485. The van der Waals surface area contributed by atoms with E-state index in [0.29, 0.717) is 16.4 Å². The normalized spacial score (nSPS) is 22.7. The van der Waals surface area contributed by atoms with E-state index in [2.05, 4.69) is 15.3 Å². The van der Waals surface area contributed by atoms with Gasteiger partial charge in [0.2, 0.25) is 0 Å². The average Bonchev–Trinajstić information content (AvgIpc) is 3.51. The summed E-state index contributed by atoms with van der Waals surface area (Å²) in [5.74, 6) is -0.319. The number of thiophene rings is 1. The Balaban J connectivity index is 1.49. The molecule has 0 amide bonds. The second kappa shape index (κ2) is 10.1. The first kappa shape index (κ1) is 24.7. The number of nitrogens with zero attached hydrogens (tertiary/aromatic N) is 3. The highest BCUT2D eigenvalue weighted by atomic mass is 35.5. The topological polar surface area (TPSA) is 135 Å². The van der Waals surface area contributed by atoms with E-state index >= 15 is 0 Å². The minimum atomic E-state index is -4.13. The maximum atomic E-state index is 14.7. The summed E-state index contributed by atoms with van der Waals surface area (Å²) in [6, 6.07) is 4.32. The standard InChI is InChI=1S/C20H21ClFN5O5S2/c1-23-34(30,31)32-15-6-14(17(22)19(15)29)26-20-13(7-24-10-25-20)18(28)11-4-5-27(8-11)9-12-2-3-16(21)33-12/h2-5,7-8,10,14-15,17,19,23,29H,6,9H2,1H3,(H,24,25,26)/t14-,15-,17-,19-/m1/s1. The Hall–Kier alpha value is -2.42. The van der Waals surface area contributed by atoms with Gasteiger partial charge in [-0.1, -0.05) is 11.6 Å². The maximum Gasteiger partial charge on any atom is 0.335 e. The van der Waals surface area contributed by atoms with Gasteiger partial charge in [-0.05, 0) is 18.2 Å². The number of anilines is 1. The number of rotatable bonds is 9. The third-order valence-electron chi connectivity index (χ3n) is 5.34. The molecule has 3 N–H and O–H groups in total. The van der Waals surface area contributed by atoms with Crippen LogP contribution in [0.2, 0.25) is 4.34 Å². The van der Waals surface area contributed by atoms with Crippen molar-refractivity contribution in [2.45, 2.75) is 37.4 Å². The molecule has 34 heavy (non-hydrogen) atoms. The molecule has 1 aliphatic rings. The van der Waals surface area contributed by atoms with Crippen molar-refractivity contribution in [2.75, 3.05) is 12.4 Å². The molecule has 0 saturated heterocycles. The molecule has 182 valence electrons. The number of halogens is 2. The van der Waals surface area contributed by atoms with Crippen LogP contribution >= 0.6 is 22.9 Å². The van der Waals surface area contributed by atoms with Gasteiger partial charge in [-0.15, -0.1) is 11.3 Å². The third-order valence-corrected chi connectivity index (χ3v) is 7.55. The molecular weight excluding hydrogens is 509 g/mol. The van der Waals surface area contributed by atoms with Gasteiger partial charge in [0.05, 0.1) is 22.5 Å². The number of alkyl halides is 1. The zero-order valence-corrected chi connectivity index (χ0v) is 20.1. The molecule has 10 nitrogen and oxygen atoms in total. The minimum absolute atomic E-state index is 0.0646. The summed E-state index contributed by atoms with van der Waals surface area (Å²) in [4.78, 5) is 22.1. The summed E-state index contributed by atoms with van der Waals surface area (Å²) in [5, 5.41) is 12.9. The van der Waals surface area contributed by atoms with Crippen LogP contribution in [0.3, 0.4) is 0 Å². The smallest absolute Gasteiger partial charge is 0.335 e. The molecule has 3 aromatic heterocycles. The lowest BCUT2D eigenvalue weighted by molar-refractivity contribution is 0.0248. The molecule has 1 fully saturated rings. The molecular formula is C20H21ClFN5O5S2. The molecule has 1 aliphatic carbocycles. The van der Waals surface area contributed by atoms with Crippen molar-refractivity contribution in [3.05, 3.63) is 63.5 Å². The molecule has 0 aromatic carbocycles. The van der Waals surface area contributed by atoms with E-state index in [9.17, 15) is 22.7 Å². The third kappa shape index (κ3) is 5.45. The van der Waals surface area contributed by atoms with Crippen LogP contribution in [0.5, 0.6) is 0 Å². The summed E-state index contributed by atoms with van der Waals surface area (Å²) >= 11 is 7.41. The van der Waals surface area contributed by atoms with Crippen molar-refractivity contribution in [1.29, 1.82) is 0 Å². The molecule has 0 spiro atoms. The van der Waals surface area contributed by atoms with Crippen molar-refractivity contribution in [1.82, 2.24) is 19.3 Å². The van der Waals surface area contributed by atoms with Gasteiger partial charge in [0.15, 0.2) is 5.78 Å². The van der Waals surface area contributed by atoms with Crippen LogP contribution in [0.15, 0.2) is 43.1 Å². The Labute approximate surface area is 204 Å². The van der Waals surface area contributed by atoms with Crippen LogP contribution in [-0.4, -0.2) is 65.3 Å². The Morgan fingerprint density at radius 1 is 1.41 bits per heavy atom. The quantitative estimate of drug-likeness (QED) is 0.358. The summed E-state index contributed by atoms with van der Waals surface area (Å²) in [6.45, 7) is 0.543. The molecule has 14 heteroatoms. The zero-order valence-electron chi connectivity index (χ0n) is 17.8. The number of aliphatic hydroxyl groups is 1. The van der Waals surface area contributed by atoms with Gasteiger partial charge in [0, 0.05) is 42.5 Å². The SMILES string of the molecule is CNS(=O)(=O)O[C@@H]1C[C@@H](Nc2ncncc2C(=O)c2ccn(Cc3ccc(Cl)s3)c2)[C@@H](F)[C@@H]1O. The summed E-state index contributed by atoms with van der Waals surface area (Å²) in [7, 11) is -2.99. The average molecular weight is 530 g/mol. The fraction of sp³-hybridized carbons (Fsp3) is 0.350. The van der Waals surface area contributed by atoms with E-state index in [0.717, 1.165) is 11.9 Å². The highest BCUT2D eigenvalue weighted by molar-refractivity contribution is 7.84. The van der Waals surface area contributed by atoms with Gasteiger partial charge < -0.3 is 15.0 Å². The highest BCUT2D eigenvalue weighted by Crippen LogP contribution is 2.30. The molecule has 0 bridgehead atoms. The molecule has 4 atom stereocenters. The molecule has 0 radical (unpaired) electrons. The Kier molecular flexibility index (Phi) is 7.31. The number of carbonyl (C=O) groups is 1. The van der Waals surface area contributed by atoms with Gasteiger partial charge >= 0.3 is 10.3 Å². The van der Waals surface area contributed by atoms with Crippen LogP contribution in [0.1, 0.15) is 27.2 Å². The number of hydrogen-bond donors (Lipinski definition) is 3. The number of carbonyl (C=O) groups excluding carboxylic acids is 1. The number of nitrogens with one attached hydrogen (secondary N) is 2. The van der Waals surface area contributed by atoms with E-state index in [1.165, 1.54) is 23.9 Å². The fourth-order valence-electron chi connectivity index (χ4n) is 3.64. The van der Waals surface area contributed by atoms with Gasteiger partial charge in [-0.25, -0.2) is 14.4 Å². The molecule has 1 saturated carbocycles. The highest BCUT2D eigenvalue weighted by Gasteiger charge is 2.46. The minimum Gasteiger partial charge on any atom is -0.387 e. The van der Waals surface area contributed by atoms with E-state index in [1.807, 2.05) is 15.4 Å². The monoisotopic (exact) mass is 529 g/mol. The van der Waals surface area contributed by atoms with Crippen LogP contribution in [-0.2, 0) is 21.0 Å². The zero-order chi connectivity index (χ0) is 24.5. The lowest BCUT2D eigenvalue weighted by Crippen LogP contribution is -2.35. The molecule has 4 rings (SSSR count). The maximum absolute atomic E-state index is 14.7. The second-order valence-electron chi connectivity index (χ2n) is 7.61. The lowest BCUT2D eigenvalue weighted by Gasteiger charge is -2.17. The molecule has 0 aliphatic heterocycles. The van der Waals surface area contributed by atoms with Crippen molar-refractivity contribution in [2.24, 2.45) is 0 Å². The van der Waals surface area contributed by atoms with Gasteiger partial charge in [0.25, 0.3) is 0 Å². The largest absolute Gasteiger partial charge is 0.387 e. The van der Waals surface area contributed by atoms with Crippen molar-refractivity contribution in [3.63, 3.8) is 0 Å². The number of aromatic nitrogens is 3. The molecule has 0 unspecified atom stereocenters. The Morgan fingerprint density at radius 3 is 2.91 bits per heavy atom. The summed E-state index contributed by atoms with van der Waals surface area (Å²) in [6.07, 6.45) is 0.944. The van der Waals surface area contributed by atoms with Crippen molar-refractivity contribution >= 4 is 44.8 Å². The van der Waals surface area contributed by atoms with Crippen molar-refractivity contribution < 1.29 is 26.9 Å². The second-order valence-corrected chi connectivity index (χ2v) is 10.9. The van der Waals surface area contributed by atoms with Crippen LogP contribution in [0.4, 0.5) is 10.2 Å². The fourth-order valence-corrected chi connectivity index (χ4v) is 5.35. The van der Waals surface area contributed by atoms with Gasteiger partial charge in [0.1, 0.15) is 30.5 Å². The number of aliphatic hydroxyl groups excluding tert-OH is 1. The lowest BCUT2D eigenvalue weighted by atomic mass is 10.1. The van der Waals surface area contributed by atoms with E-state index in [1.54, 1.807) is 24.5 Å². The van der Waals surface area contributed by atoms with Gasteiger partial charge in [-0.2, -0.15) is 13.1 Å². The molecule has 3 heterocycles.